The number of carbonyl (C=O) groups excluding carboxylic acids is 1. The zero-order valence-corrected chi connectivity index (χ0v) is 13.9. The van der Waals surface area contributed by atoms with Crippen LogP contribution in [-0.2, 0) is 7.05 Å². The van der Waals surface area contributed by atoms with Gasteiger partial charge in [-0.1, -0.05) is 24.3 Å². The summed E-state index contributed by atoms with van der Waals surface area (Å²) in [5.41, 5.74) is 2.28. The smallest absolute Gasteiger partial charge is 0.255 e. The Morgan fingerprint density at radius 3 is 2.72 bits per heavy atom. The van der Waals surface area contributed by atoms with Crippen molar-refractivity contribution in [1.29, 1.82) is 0 Å². The zero-order chi connectivity index (χ0) is 17.8. The first kappa shape index (κ1) is 16.5. The lowest BCUT2D eigenvalue weighted by Crippen LogP contribution is -2.25. The predicted octanol–water partition coefficient (Wildman–Crippen LogP) is 1.84. The molecule has 0 aliphatic carbocycles. The summed E-state index contributed by atoms with van der Waals surface area (Å²) < 4.78 is 1.36. The van der Waals surface area contributed by atoms with E-state index in [2.05, 4.69) is 20.3 Å². The normalized spacial score (nSPS) is 10.5. The lowest BCUT2D eigenvalue weighted by Gasteiger charge is -2.11. The van der Waals surface area contributed by atoms with E-state index in [9.17, 15) is 9.59 Å². The van der Waals surface area contributed by atoms with Gasteiger partial charge in [0.25, 0.3) is 5.56 Å². The summed E-state index contributed by atoms with van der Waals surface area (Å²) in [4.78, 5) is 36.9. The van der Waals surface area contributed by atoms with E-state index in [-0.39, 0.29) is 17.9 Å². The molecule has 0 atom stereocenters. The van der Waals surface area contributed by atoms with E-state index < -0.39 is 0 Å². The molecular formula is C18H17N5O2. The van der Waals surface area contributed by atoms with Gasteiger partial charge in [0.15, 0.2) is 5.78 Å². The highest BCUT2D eigenvalue weighted by molar-refractivity contribution is 6.00. The molecule has 25 heavy (non-hydrogen) atoms. The number of nitrogens with zero attached hydrogens (tertiary/aromatic N) is 4. The van der Waals surface area contributed by atoms with Crippen LogP contribution in [0.4, 0.5) is 5.95 Å². The van der Waals surface area contributed by atoms with Gasteiger partial charge in [0.05, 0.1) is 17.9 Å². The van der Waals surface area contributed by atoms with Crippen LogP contribution in [0.5, 0.6) is 0 Å². The number of carbonyl (C=O) groups is 1. The third-order valence-electron chi connectivity index (χ3n) is 3.83. The molecule has 7 heteroatoms. The molecule has 0 unspecified atom stereocenters. The molecule has 126 valence electrons. The number of anilines is 1. The summed E-state index contributed by atoms with van der Waals surface area (Å²) in [5.74, 6) is 0.239. The standard InChI is InChI=1S/C18H17N5O2/c1-12-5-3-4-6-13(12)16(24)10-20-18-22-15(9-17(25)23(18)2)14-7-8-19-11-21-14/h3-9,11H,10H2,1-2H3,(H,20,22). The topological polar surface area (TPSA) is 89.8 Å². The number of aromatic nitrogens is 4. The highest BCUT2D eigenvalue weighted by Gasteiger charge is 2.12. The van der Waals surface area contributed by atoms with E-state index in [1.54, 1.807) is 25.4 Å². The maximum absolute atomic E-state index is 12.4. The molecule has 2 aromatic heterocycles. The molecule has 0 saturated carbocycles. The Morgan fingerprint density at radius 2 is 2.00 bits per heavy atom. The second kappa shape index (κ2) is 7.04. The Kier molecular flexibility index (Phi) is 4.65. The van der Waals surface area contributed by atoms with E-state index in [0.717, 1.165) is 5.56 Å². The second-order valence-electron chi connectivity index (χ2n) is 5.55. The van der Waals surface area contributed by atoms with Gasteiger partial charge >= 0.3 is 0 Å². The molecular weight excluding hydrogens is 318 g/mol. The Balaban J connectivity index is 1.85. The van der Waals surface area contributed by atoms with Gasteiger partial charge < -0.3 is 5.32 Å². The van der Waals surface area contributed by atoms with Gasteiger partial charge in [-0.05, 0) is 18.6 Å². The maximum atomic E-state index is 12.4. The van der Waals surface area contributed by atoms with Crippen molar-refractivity contribution in [3.63, 3.8) is 0 Å². The van der Waals surface area contributed by atoms with Crippen molar-refractivity contribution in [3.8, 4) is 11.4 Å². The predicted molar refractivity (Wildman–Crippen MR) is 94.5 cm³/mol. The monoisotopic (exact) mass is 335 g/mol. The van der Waals surface area contributed by atoms with Gasteiger partial charge in [0, 0.05) is 24.9 Å². The third-order valence-corrected chi connectivity index (χ3v) is 3.83. The fraction of sp³-hybridized carbons (Fsp3) is 0.167. The van der Waals surface area contributed by atoms with E-state index in [1.165, 1.54) is 17.0 Å². The van der Waals surface area contributed by atoms with E-state index in [4.69, 9.17) is 0 Å². The van der Waals surface area contributed by atoms with E-state index in [0.29, 0.717) is 22.9 Å². The highest BCUT2D eigenvalue weighted by atomic mass is 16.1. The van der Waals surface area contributed by atoms with Crippen molar-refractivity contribution in [1.82, 2.24) is 19.5 Å². The minimum Gasteiger partial charge on any atom is -0.348 e. The molecule has 0 spiro atoms. The quantitative estimate of drug-likeness (QED) is 0.716. The number of benzene rings is 1. The molecule has 0 amide bonds. The van der Waals surface area contributed by atoms with Crippen molar-refractivity contribution >= 4 is 11.7 Å². The Labute approximate surface area is 144 Å². The first-order chi connectivity index (χ1) is 12.1. The average molecular weight is 335 g/mol. The van der Waals surface area contributed by atoms with Crippen molar-refractivity contribution in [2.24, 2.45) is 7.05 Å². The fourth-order valence-electron chi connectivity index (χ4n) is 2.41. The Hall–Kier alpha value is -3.35. The fourth-order valence-corrected chi connectivity index (χ4v) is 2.41. The van der Waals surface area contributed by atoms with Crippen LogP contribution < -0.4 is 10.9 Å². The summed E-state index contributed by atoms with van der Waals surface area (Å²) in [6.45, 7) is 1.93. The van der Waals surface area contributed by atoms with Crippen LogP contribution in [0, 0.1) is 6.92 Å². The number of rotatable bonds is 5. The molecule has 3 rings (SSSR count). The minimum absolute atomic E-state index is 0.0400. The van der Waals surface area contributed by atoms with Gasteiger partial charge in [-0.3, -0.25) is 14.2 Å². The summed E-state index contributed by atoms with van der Waals surface area (Å²) in [6.07, 6.45) is 2.97. The Morgan fingerprint density at radius 1 is 1.20 bits per heavy atom. The molecule has 0 aliphatic rings. The van der Waals surface area contributed by atoms with Gasteiger partial charge in [0.2, 0.25) is 5.95 Å². The van der Waals surface area contributed by atoms with Crippen LogP contribution in [0.15, 0.2) is 53.7 Å². The van der Waals surface area contributed by atoms with Crippen LogP contribution in [0.2, 0.25) is 0 Å². The van der Waals surface area contributed by atoms with E-state index in [1.807, 2.05) is 25.1 Å². The molecule has 0 saturated heterocycles. The summed E-state index contributed by atoms with van der Waals surface area (Å²) >= 11 is 0. The Bertz CT molecular complexity index is 967. The van der Waals surface area contributed by atoms with Crippen molar-refractivity contribution in [3.05, 3.63) is 70.4 Å². The number of hydrogen-bond donors (Lipinski definition) is 1. The molecule has 0 fully saturated rings. The zero-order valence-electron chi connectivity index (χ0n) is 13.9. The molecule has 3 aromatic rings. The van der Waals surface area contributed by atoms with Gasteiger partial charge in [-0.2, -0.15) is 0 Å². The van der Waals surface area contributed by atoms with Crippen molar-refractivity contribution in [2.75, 3.05) is 11.9 Å². The van der Waals surface area contributed by atoms with Crippen LogP contribution in [0.1, 0.15) is 15.9 Å². The summed E-state index contributed by atoms with van der Waals surface area (Å²) in [6, 6.07) is 10.4. The number of Topliss-reactive ketones (excluding diaryl/α,β-unsaturated/α-hetero) is 1. The first-order valence-corrected chi connectivity index (χ1v) is 7.73. The van der Waals surface area contributed by atoms with Crippen molar-refractivity contribution in [2.45, 2.75) is 6.92 Å². The highest BCUT2D eigenvalue weighted by Crippen LogP contribution is 2.13. The molecule has 0 aliphatic heterocycles. The molecule has 7 nitrogen and oxygen atoms in total. The lowest BCUT2D eigenvalue weighted by molar-refractivity contribution is 0.100. The summed E-state index contributed by atoms with van der Waals surface area (Å²) in [7, 11) is 1.60. The van der Waals surface area contributed by atoms with Gasteiger partial charge in [0.1, 0.15) is 6.33 Å². The number of nitrogens with one attached hydrogen (secondary N) is 1. The molecule has 1 N–H and O–H groups in total. The van der Waals surface area contributed by atoms with E-state index >= 15 is 0 Å². The van der Waals surface area contributed by atoms with Crippen LogP contribution >= 0.6 is 0 Å². The SMILES string of the molecule is Cc1ccccc1C(=O)CNc1nc(-c2ccncn2)cc(=O)n1C. The number of aryl methyl sites for hydroxylation is 1. The molecule has 1 aromatic carbocycles. The van der Waals surface area contributed by atoms with Crippen molar-refractivity contribution < 1.29 is 4.79 Å². The number of hydrogen-bond acceptors (Lipinski definition) is 6. The van der Waals surface area contributed by atoms with Gasteiger partial charge in [-0.15, -0.1) is 0 Å². The summed E-state index contributed by atoms with van der Waals surface area (Å²) in [5, 5.41) is 2.95. The first-order valence-electron chi connectivity index (χ1n) is 7.73. The number of ketones is 1. The molecule has 2 heterocycles. The van der Waals surface area contributed by atoms with Crippen LogP contribution in [0.3, 0.4) is 0 Å². The average Bonchev–Trinajstić information content (AvgIpc) is 2.63. The third kappa shape index (κ3) is 3.60. The lowest BCUT2D eigenvalue weighted by atomic mass is 10.1. The minimum atomic E-state index is -0.241. The maximum Gasteiger partial charge on any atom is 0.255 e. The van der Waals surface area contributed by atoms with Crippen LogP contribution in [0.25, 0.3) is 11.4 Å². The molecule has 0 radical (unpaired) electrons. The van der Waals surface area contributed by atoms with Gasteiger partial charge in [-0.25, -0.2) is 15.0 Å². The second-order valence-corrected chi connectivity index (χ2v) is 5.55. The largest absolute Gasteiger partial charge is 0.348 e. The molecule has 0 bridgehead atoms. The van der Waals surface area contributed by atoms with Crippen LogP contribution in [-0.4, -0.2) is 31.8 Å².